The molecule has 0 aromatic heterocycles. The molecular weight excluding hydrogens is 262 g/mol. The molecule has 1 fully saturated rings. The lowest BCUT2D eigenvalue weighted by molar-refractivity contribution is -0.117. The third-order valence-corrected chi connectivity index (χ3v) is 3.65. The van der Waals surface area contributed by atoms with Crippen LogP contribution in [-0.2, 0) is 4.79 Å². The lowest BCUT2D eigenvalue weighted by Gasteiger charge is -2.19. The van der Waals surface area contributed by atoms with Crippen molar-refractivity contribution in [1.29, 1.82) is 0 Å². The number of rotatable bonds is 3. The number of carbonyl (C=O) groups excluding carboxylic acids is 1. The summed E-state index contributed by atoms with van der Waals surface area (Å²) in [4.78, 5) is 14.1. The largest absolute Gasteiger partial charge is 0.397 e. The van der Waals surface area contributed by atoms with E-state index in [0.29, 0.717) is 28.4 Å². The predicted octanol–water partition coefficient (Wildman–Crippen LogP) is 2.59. The van der Waals surface area contributed by atoms with Crippen molar-refractivity contribution in [3.63, 3.8) is 0 Å². The van der Waals surface area contributed by atoms with Crippen LogP contribution in [0.15, 0.2) is 18.2 Å². The van der Waals surface area contributed by atoms with E-state index in [1.807, 2.05) is 0 Å². The van der Waals surface area contributed by atoms with Gasteiger partial charge in [-0.05, 0) is 36.6 Å². The standard InChI is InChI=1S/C14H20ClN3O/c1-14(2)5-6-18(9-14)8-13(19)17-12-4-3-10(15)7-11(12)16/h3-4,7H,5-6,8-9,16H2,1-2H3,(H,17,19). The summed E-state index contributed by atoms with van der Waals surface area (Å²) in [5.41, 5.74) is 7.22. The lowest BCUT2D eigenvalue weighted by Crippen LogP contribution is -2.32. The van der Waals surface area contributed by atoms with Gasteiger partial charge in [-0.3, -0.25) is 9.69 Å². The molecule has 0 unspecified atom stereocenters. The van der Waals surface area contributed by atoms with Crippen molar-refractivity contribution in [2.75, 3.05) is 30.7 Å². The molecular formula is C14H20ClN3O. The third kappa shape index (κ3) is 3.85. The summed E-state index contributed by atoms with van der Waals surface area (Å²) < 4.78 is 0. The van der Waals surface area contributed by atoms with Crippen LogP contribution < -0.4 is 11.1 Å². The summed E-state index contributed by atoms with van der Waals surface area (Å²) in [7, 11) is 0. The minimum atomic E-state index is -0.0354. The Labute approximate surface area is 118 Å². The molecule has 1 aliphatic rings. The van der Waals surface area contributed by atoms with Gasteiger partial charge in [-0.25, -0.2) is 0 Å². The van der Waals surface area contributed by atoms with Crippen LogP contribution in [0.5, 0.6) is 0 Å². The molecule has 0 bridgehead atoms. The highest BCUT2D eigenvalue weighted by molar-refractivity contribution is 6.31. The lowest BCUT2D eigenvalue weighted by atomic mass is 9.93. The van der Waals surface area contributed by atoms with E-state index in [9.17, 15) is 4.79 Å². The van der Waals surface area contributed by atoms with Crippen molar-refractivity contribution < 1.29 is 4.79 Å². The Hall–Kier alpha value is -1.26. The molecule has 0 atom stereocenters. The number of nitrogen functional groups attached to an aromatic ring is 1. The van der Waals surface area contributed by atoms with Crippen molar-refractivity contribution in [2.24, 2.45) is 5.41 Å². The second-order valence-corrected chi connectivity index (χ2v) is 6.34. The third-order valence-electron chi connectivity index (χ3n) is 3.41. The second kappa shape index (κ2) is 5.39. The van der Waals surface area contributed by atoms with Crippen LogP contribution in [0.25, 0.3) is 0 Å². The molecule has 1 saturated heterocycles. The quantitative estimate of drug-likeness (QED) is 0.837. The van der Waals surface area contributed by atoms with Crippen LogP contribution in [0.3, 0.4) is 0 Å². The fourth-order valence-electron chi connectivity index (χ4n) is 2.40. The number of amides is 1. The molecule has 4 nitrogen and oxygen atoms in total. The number of likely N-dealkylation sites (tertiary alicyclic amines) is 1. The molecule has 1 aromatic rings. The zero-order valence-corrected chi connectivity index (χ0v) is 12.1. The second-order valence-electron chi connectivity index (χ2n) is 5.90. The Morgan fingerprint density at radius 3 is 2.84 bits per heavy atom. The van der Waals surface area contributed by atoms with E-state index in [2.05, 4.69) is 24.1 Å². The van der Waals surface area contributed by atoms with Gasteiger partial charge in [0.25, 0.3) is 0 Å². The van der Waals surface area contributed by atoms with E-state index in [4.69, 9.17) is 17.3 Å². The number of hydrogen-bond acceptors (Lipinski definition) is 3. The fourth-order valence-corrected chi connectivity index (χ4v) is 2.58. The summed E-state index contributed by atoms with van der Waals surface area (Å²) in [5.74, 6) is -0.0354. The topological polar surface area (TPSA) is 58.4 Å². The number of benzene rings is 1. The molecule has 1 aromatic carbocycles. The number of nitrogens with zero attached hydrogens (tertiary/aromatic N) is 1. The zero-order valence-electron chi connectivity index (χ0n) is 11.4. The molecule has 19 heavy (non-hydrogen) atoms. The van der Waals surface area contributed by atoms with Gasteiger partial charge in [-0.1, -0.05) is 25.4 Å². The number of halogens is 1. The molecule has 1 heterocycles. The van der Waals surface area contributed by atoms with Crippen LogP contribution in [0.1, 0.15) is 20.3 Å². The van der Waals surface area contributed by atoms with Crippen molar-refractivity contribution in [3.8, 4) is 0 Å². The van der Waals surface area contributed by atoms with E-state index < -0.39 is 0 Å². The minimum absolute atomic E-state index is 0.0354. The van der Waals surface area contributed by atoms with E-state index in [0.717, 1.165) is 19.5 Å². The summed E-state index contributed by atoms with van der Waals surface area (Å²) in [6.45, 7) is 6.78. The predicted molar refractivity (Wildman–Crippen MR) is 79.3 cm³/mol. The van der Waals surface area contributed by atoms with Crippen molar-refractivity contribution >= 4 is 28.9 Å². The molecule has 1 amide bonds. The Kier molecular flexibility index (Phi) is 4.02. The van der Waals surface area contributed by atoms with Crippen molar-refractivity contribution in [2.45, 2.75) is 20.3 Å². The maximum atomic E-state index is 12.0. The first-order valence-corrected chi connectivity index (χ1v) is 6.81. The first-order valence-electron chi connectivity index (χ1n) is 6.43. The number of carbonyl (C=O) groups is 1. The summed E-state index contributed by atoms with van der Waals surface area (Å²) in [5, 5.41) is 3.39. The Morgan fingerprint density at radius 1 is 1.53 bits per heavy atom. The SMILES string of the molecule is CC1(C)CCN(CC(=O)Nc2ccc(Cl)cc2N)C1. The van der Waals surface area contributed by atoms with Crippen LogP contribution in [0.4, 0.5) is 11.4 Å². The highest BCUT2D eigenvalue weighted by Crippen LogP contribution is 2.28. The van der Waals surface area contributed by atoms with Crippen LogP contribution in [0, 0.1) is 5.41 Å². The molecule has 2 rings (SSSR count). The monoisotopic (exact) mass is 281 g/mol. The van der Waals surface area contributed by atoms with Crippen LogP contribution >= 0.6 is 11.6 Å². The normalized spacial score (nSPS) is 18.5. The van der Waals surface area contributed by atoms with Crippen LogP contribution in [-0.4, -0.2) is 30.4 Å². The van der Waals surface area contributed by atoms with Crippen molar-refractivity contribution in [1.82, 2.24) is 4.90 Å². The highest BCUT2D eigenvalue weighted by Gasteiger charge is 2.29. The van der Waals surface area contributed by atoms with E-state index in [1.54, 1.807) is 18.2 Å². The van der Waals surface area contributed by atoms with Gasteiger partial charge in [-0.2, -0.15) is 0 Å². The molecule has 104 valence electrons. The molecule has 3 N–H and O–H groups in total. The summed E-state index contributed by atoms with van der Waals surface area (Å²) in [6, 6.07) is 5.08. The van der Waals surface area contributed by atoms with E-state index >= 15 is 0 Å². The van der Waals surface area contributed by atoms with Gasteiger partial charge in [0.15, 0.2) is 0 Å². The molecule has 1 aliphatic heterocycles. The smallest absolute Gasteiger partial charge is 0.238 e. The van der Waals surface area contributed by atoms with E-state index in [-0.39, 0.29) is 5.91 Å². The van der Waals surface area contributed by atoms with Gasteiger partial charge < -0.3 is 11.1 Å². The number of nitrogens with one attached hydrogen (secondary N) is 1. The summed E-state index contributed by atoms with van der Waals surface area (Å²) >= 11 is 5.82. The first kappa shape index (κ1) is 14.2. The maximum absolute atomic E-state index is 12.0. The Morgan fingerprint density at radius 2 is 2.26 bits per heavy atom. The van der Waals surface area contributed by atoms with Gasteiger partial charge >= 0.3 is 0 Å². The highest BCUT2D eigenvalue weighted by atomic mass is 35.5. The zero-order chi connectivity index (χ0) is 14.0. The van der Waals surface area contributed by atoms with Gasteiger partial charge in [0.05, 0.1) is 17.9 Å². The van der Waals surface area contributed by atoms with Gasteiger partial charge in [0.1, 0.15) is 0 Å². The molecule has 0 spiro atoms. The number of nitrogens with two attached hydrogens (primary N) is 1. The average molecular weight is 282 g/mol. The molecule has 0 saturated carbocycles. The summed E-state index contributed by atoms with van der Waals surface area (Å²) in [6.07, 6.45) is 1.13. The average Bonchev–Trinajstić information content (AvgIpc) is 2.62. The number of hydrogen-bond donors (Lipinski definition) is 2. The van der Waals surface area contributed by atoms with Gasteiger partial charge in [0, 0.05) is 11.6 Å². The van der Waals surface area contributed by atoms with E-state index in [1.165, 1.54) is 0 Å². The van der Waals surface area contributed by atoms with Gasteiger partial charge in [0.2, 0.25) is 5.91 Å². The van der Waals surface area contributed by atoms with Gasteiger partial charge in [-0.15, -0.1) is 0 Å². The van der Waals surface area contributed by atoms with Crippen molar-refractivity contribution in [3.05, 3.63) is 23.2 Å². The minimum Gasteiger partial charge on any atom is -0.397 e. The molecule has 0 radical (unpaired) electrons. The number of anilines is 2. The first-order chi connectivity index (χ1) is 8.85. The molecule has 5 heteroatoms. The fraction of sp³-hybridized carbons (Fsp3) is 0.500. The Bertz CT molecular complexity index is 488. The maximum Gasteiger partial charge on any atom is 0.238 e. The Balaban J connectivity index is 1.91. The van der Waals surface area contributed by atoms with Crippen LogP contribution in [0.2, 0.25) is 5.02 Å². The molecule has 0 aliphatic carbocycles.